The predicted molar refractivity (Wildman–Crippen MR) is 291 cm³/mol. The number of rotatable bonds is 17. The third kappa shape index (κ3) is 12.4. The Morgan fingerprint density at radius 1 is 0.575 bits per heavy atom. The van der Waals surface area contributed by atoms with Crippen LogP contribution >= 0.6 is 0 Å². The lowest BCUT2D eigenvalue weighted by molar-refractivity contribution is 0.0696. The maximum absolute atomic E-state index is 15.0. The van der Waals surface area contributed by atoms with Crippen molar-refractivity contribution in [1.82, 2.24) is 40.4 Å². The van der Waals surface area contributed by atoms with Crippen LogP contribution in [-0.2, 0) is 25.9 Å². The van der Waals surface area contributed by atoms with Gasteiger partial charge in [-0.3, -0.25) is 4.79 Å². The van der Waals surface area contributed by atoms with Gasteiger partial charge in [-0.05, 0) is 113 Å². The second-order valence-corrected chi connectivity index (χ2v) is 18.8. The van der Waals surface area contributed by atoms with Crippen molar-refractivity contribution in [3.8, 4) is 22.5 Å². The monoisotopic (exact) mass is 1100 g/mol. The molecule has 18 nitrogen and oxygen atoms in total. The number of halogens is 6. The SMILES string of the molecule is CCc1ccc(C(=O)Nc2ccc(F)c(F)c2)cc1-c1nc(NCCN(C)C)nc2c1CNC(=O)N2c1c(F)cccc1F.CCc1ccc(C(=O)O)cc1-c1nc(NCCN(C)C)nc2c1CNC(=O)N2c1c(F)cccc1F. The topological polar surface area (TPSA) is 213 Å². The molecule has 0 spiro atoms. The molecular weight excluding hydrogens is 1050 g/mol. The largest absolute Gasteiger partial charge is 0.478 e. The molecule has 0 aliphatic carbocycles. The Morgan fingerprint density at radius 3 is 1.43 bits per heavy atom. The predicted octanol–water partition coefficient (Wildman–Crippen LogP) is 9.87. The quantitative estimate of drug-likeness (QED) is 0.0469. The maximum Gasteiger partial charge on any atom is 0.335 e. The second kappa shape index (κ2) is 24.7. The lowest BCUT2D eigenvalue weighted by Crippen LogP contribution is -2.43. The minimum Gasteiger partial charge on any atom is -0.478 e. The first kappa shape index (κ1) is 57.0. The third-order valence-electron chi connectivity index (χ3n) is 12.8. The van der Waals surface area contributed by atoms with E-state index in [-0.39, 0.29) is 53.4 Å². The molecular formula is C56H55F6N13O5. The molecule has 4 heterocycles. The Labute approximate surface area is 455 Å². The number of carbonyl (C=O) groups is 4. The van der Waals surface area contributed by atoms with Gasteiger partial charge in [0.2, 0.25) is 11.9 Å². The van der Waals surface area contributed by atoms with E-state index in [1.54, 1.807) is 24.3 Å². The molecule has 9 rings (SSSR count). The van der Waals surface area contributed by atoms with Crippen LogP contribution < -0.4 is 36.4 Å². The van der Waals surface area contributed by atoms with Crippen LogP contribution in [0.25, 0.3) is 22.5 Å². The summed E-state index contributed by atoms with van der Waals surface area (Å²) in [4.78, 5) is 74.9. The lowest BCUT2D eigenvalue weighted by Gasteiger charge is -2.31. The second-order valence-electron chi connectivity index (χ2n) is 18.8. The molecule has 6 N–H and O–H groups in total. The van der Waals surface area contributed by atoms with E-state index >= 15 is 0 Å². The number of benzene rings is 5. The summed E-state index contributed by atoms with van der Waals surface area (Å²) in [5, 5.41) is 23.6. The zero-order chi connectivity index (χ0) is 57.5. The minimum absolute atomic E-state index is 0.00545. The van der Waals surface area contributed by atoms with Crippen LogP contribution in [-0.4, -0.2) is 113 Å². The number of hydrogen-bond donors (Lipinski definition) is 6. The zero-order valence-electron chi connectivity index (χ0n) is 44.2. The first-order chi connectivity index (χ1) is 38.3. The molecule has 0 bridgehead atoms. The molecule has 2 aliphatic heterocycles. The number of aromatic nitrogens is 4. The standard InChI is InChI=1S/C31H29F4N7O2.C25H26F2N6O3/c1-4-17-8-9-18(29(43)38-19-10-11-22(32)25(35)15-19)14-20(17)26-21-16-37-31(44)42(27-23(33)6-5-7-24(27)34)28(21)40-30(39-26)36-12-13-41(2)3;1-4-14-8-9-15(23(34)35)12-16(14)20-17-13-29-25(36)33(21-18(26)6-5-7-19(21)27)22(17)31-24(30-20)28-10-11-32(2)3/h5-11,14-15H,4,12-13,16H2,1-3H3,(H,37,44)(H,38,43)(H,36,39,40);5-9,12H,4,10-11,13H2,1-3H3,(H,29,36)(H,34,35)(H,28,30,31). The molecule has 24 heteroatoms. The number of aromatic carboxylic acids is 1. The number of nitrogens with one attached hydrogen (secondary N) is 5. The molecule has 0 radical (unpaired) electrons. The average molecular weight is 1100 g/mol. The van der Waals surface area contributed by atoms with Crippen molar-refractivity contribution in [3.63, 3.8) is 0 Å². The molecule has 416 valence electrons. The highest BCUT2D eigenvalue weighted by Crippen LogP contribution is 2.42. The normalized spacial score (nSPS) is 12.8. The number of amides is 5. The number of carbonyl (C=O) groups excluding carboxylic acids is 3. The molecule has 2 aliphatic rings. The van der Waals surface area contributed by atoms with Crippen LogP contribution in [0.3, 0.4) is 0 Å². The molecule has 0 saturated carbocycles. The molecule has 5 aromatic carbocycles. The highest BCUT2D eigenvalue weighted by atomic mass is 19.2. The highest BCUT2D eigenvalue weighted by molar-refractivity contribution is 6.06. The molecule has 0 atom stereocenters. The number of carboxylic acid groups (broad SMARTS) is 1. The van der Waals surface area contributed by atoms with Gasteiger partial charge in [0.15, 0.2) is 23.3 Å². The fraction of sp³-hybridized carbons (Fsp3) is 0.250. The van der Waals surface area contributed by atoms with Gasteiger partial charge in [-0.2, -0.15) is 9.97 Å². The van der Waals surface area contributed by atoms with Crippen molar-refractivity contribution in [2.45, 2.75) is 39.8 Å². The van der Waals surface area contributed by atoms with Gasteiger partial charge in [0, 0.05) is 65.8 Å². The Kier molecular flexibility index (Phi) is 17.6. The number of urea groups is 2. The van der Waals surface area contributed by atoms with Gasteiger partial charge in [0.1, 0.15) is 34.6 Å². The van der Waals surface area contributed by atoms with Crippen molar-refractivity contribution >= 4 is 64.5 Å². The van der Waals surface area contributed by atoms with Crippen molar-refractivity contribution in [3.05, 3.63) is 159 Å². The molecule has 2 aromatic heterocycles. The minimum atomic E-state index is -1.11. The van der Waals surface area contributed by atoms with Crippen molar-refractivity contribution < 1.29 is 50.6 Å². The van der Waals surface area contributed by atoms with Crippen LogP contribution in [0, 0.1) is 34.9 Å². The number of carboxylic acids is 1. The zero-order valence-corrected chi connectivity index (χ0v) is 44.2. The number of hydrogen-bond acceptors (Lipinski definition) is 12. The molecule has 80 heavy (non-hydrogen) atoms. The van der Waals surface area contributed by atoms with E-state index in [2.05, 4.69) is 41.5 Å². The molecule has 7 aromatic rings. The van der Waals surface area contributed by atoms with Crippen molar-refractivity contribution in [1.29, 1.82) is 0 Å². The number of aryl methyl sites for hydroxylation is 2. The summed E-state index contributed by atoms with van der Waals surface area (Å²) in [6.07, 6.45) is 1.11. The molecule has 5 amide bonds. The van der Waals surface area contributed by atoms with Crippen LogP contribution in [0.1, 0.15) is 56.8 Å². The van der Waals surface area contributed by atoms with Gasteiger partial charge < -0.3 is 41.5 Å². The van der Waals surface area contributed by atoms with Gasteiger partial charge in [-0.25, -0.2) is 60.5 Å². The summed E-state index contributed by atoms with van der Waals surface area (Å²) >= 11 is 0. The number of para-hydroxylation sites is 2. The van der Waals surface area contributed by atoms with E-state index in [1.165, 1.54) is 30.3 Å². The first-order valence-corrected chi connectivity index (χ1v) is 25.2. The van der Waals surface area contributed by atoms with E-state index in [4.69, 9.17) is 4.98 Å². The fourth-order valence-corrected chi connectivity index (χ4v) is 8.79. The van der Waals surface area contributed by atoms with Gasteiger partial charge in [0.25, 0.3) is 5.91 Å². The lowest BCUT2D eigenvalue weighted by atomic mass is 9.95. The van der Waals surface area contributed by atoms with Crippen molar-refractivity contribution in [2.75, 3.05) is 80.1 Å². The summed E-state index contributed by atoms with van der Waals surface area (Å²) in [7, 11) is 7.58. The Bertz CT molecular complexity index is 3490. The summed E-state index contributed by atoms with van der Waals surface area (Å²) in [5.74, 6) is -7.37. The Hall–Kier alpha value is -9.16. The van der Waals surface area contributed by atoms with Gasteiger partial charge in [-0.1, -0.05) is 38.1 Å². The Balaban J connectivity index is 0.000000215. The van der Waals surface area contributed by atoms with E-state index in [0.717, 1.165) is 57.3 Å². The number of anilines is 7. The van der Waals surface area contributed by atoms with E-state index in [0.29, 0.717) is 72.7 Å². The van der Waals surface area contributed by atoms with Gasteiger partial charge in [0.05, 0.1) is 30.0 Å². The highest BCUT2D eigenvalue weighted by Gasteiger charge is 2.36. The van der Waals surface area contributed by atoms with Crippen LogP contribution in [0.15, 0.2) is 91.0 Å². The molecule has 0 saturated heterocycles. The maximum atomic E-state index is 15.0. The number of nitrogens with zero attached hydrogens (tertiary/aromatic N) is 8. The fourth-order valence-electron chi connectivity index (χ4n) is 8.79. The summed E-state index contributed by atoms with van der Waals surface area (Å²) in [6.45, 7) is 5.91. The van der Waals surface area contributed by atoms with Crippen LogP contribution in [0.4, 0.5) is 76.5 Å². The summed E-state index contributed by atoms with van der Waals surface area (Å²) in [6, 6.07) is 17.8. The van der Waals surface area contributed by atoms with E-state index in [1.807, 2.05) is 51.8 Å². The van der Waals surface area contributed by atoms with Crippen molar-refractivity contribution in [2.24, 2.45) is 0 Å². The first-order valence-electron chi connectivity index (χ1n) is 25.2. The molecule has 0 unspecified atom stereocenters. The van der Waals surface area contributed by atoms with Gasteiger partial charge >= 0.3 is 18.0 Å². The number of likely N-dealkylation sites (N-methyl/N-ethyl adjacent to an activating group) is 2. The van der Waals surface area contributed by atoms with E-state index < -0.39 is 70.2 Å². The van der Waals surface area contributed by atoms with E-state index in [9.17, 15) is 50.6 Å². The third-order valence-corrected chi connectivity index (χ3v) is 12.8. The van der Waals surface area contributed by atoms with Crippen LogP contribution in [0.2, 0.25) is 0 Å². The molecule has 0 fully saturated rings. The average Bonchev–Trinajstić information content (AvgIpc) is 3.43. The Morgan fingerprint density at radius 2 is 1.01 bits per heavy atom. The van der Waals surface area contributed by atoms with Crippen LogP contribution in [0.5, 0.6) is 0 Å². The number of fused-ring (bicyclic) bond motifs is 2. The smallest absolute Gasteiger partial charge is 0.335 e. The summed E-state index contributed by atoms with van der Waals surface area (Å²) < 4.78 is 86.7. The van der Waals surface area contributed by atoms with Gasteiger partial charge in [-0.15, -0.1) is 0 Å². The summed E-state index contributed by atoms with van der Waals surface area (Å²) in [5.41, 5.74) is 3.31.